The van der Waals surface area contributed by atoms with E-state index in [1.807, 2.05) is 37.3 Å². The molecule has 0 fully saturated rings. The molecule has 2 aromatic carbocycles. The Labute approximate surface area is 184 Å². The van der Waals surface area contributed by atoms with E-state index in [0.29, 0.717) is 40.1 Å². The summed E-state index contributed by atoms with van der Waals surface area (Å²) in [5, 5.41) is 5.29. The van der Waals surface area contributed by atoms with Crippen molar-refractivity contribution in [3.05, 3.63) is 70.3 Å². The van der Waals surface area contributed by atoms with E-state index in [1.165, 1.54) is 17.3 Å². The second kappa shape index (κ2) is 9.45. The van der Waals surface area contributed by atoms with Crippen LogP contribution in [0.25, 0.3) is 22.3 Å². The number of aromatic nitrogens is 4. The van der Waals surface area contributed by atoms with Crippen molar-refractivity contribution in [1.82, 2.24) is 19.7 Å². The minimum Gasteiger partial charge on any atom is -0.383 e. The minimum atomic E-state index is -0.160. The largest absolute Gasteiger partial charge is 0.383 e. The molecule has 2 heterocycles. The van der Waals surface area contributed by atoms with Crippen LogP contribution in [0, 0.1) is 0 Å². The lowest BCUT2D eigenvalue weighted by Crippen LogP contribution is -2.28. The van der Waals surface area contributed by atoms with Crippen LogP contribution in [0.3, 0.4) is 0 Å². The summed E-state index contributed by atoms with van der Waals surface area (Å²) in [6.45, 7) is 4.47. The highest BCUT2D eigenvalue weighted by Crippen LogP contribution is 2.25. The molecule has 1 atom stereocenters. The van der Waals surface area contributed by atoms with Gasteiger partial charge in [-0.3, -0.25) is 9.36 Å². The lowest BCUT2D eigenvalue weighted by molar-refractivity contribution is 0.156. The van der Waals surface area contributed by atoms with Gasteiger partial charge in [-0.2, -0.15) is 4.98 Å². The first-order valence-electron chi connectivity index (χ1n) is 10.2. The molecule has 0 aliphatic rings. The Balaban J connectivity index is 1.60. The topological polar surface area (TPSA) is 83.0 Å². The van der Waals surface area contributed by atoms with Crippen LogP contribution >= 0.6 is 11.8 Å². The van der Waals surface area contributed by atoms with Gasteiger partial charge in [-0.1, -0.05) is 60.2 Å². The highest BCUT2D eigenvalue weighted by molar-refractivity contribution is 7.98. The van der Waals surface area contributed by atoms with Crippen LogP contribution in [0.1, 0.15) is 31.3 Å². The first kappa shape index (κ1) is 21.3. The number of benzene rings is 2. The number of thioether (sulfide) groups is 1. The maximum atomic E-state index is 13.1. The van der Waals surface area contributed by atoms with Gasteiger partial charge in [-0.25, -0.2) is 4.98 Å². The summed E-state index contributed by atoms with van der Waals surface area (Å²) in [6.07, 6.45) is 0.983. The monoisotopic (exact) mass is 436 g/mol. The molecule has 0 saturated heterocycles. The predicted molar refractivity (Wildman–Crippen MR) is 121 cm³/mol. The van der Waals surface area contributed by atoms with E-state index in [2.05, 4.69) is 29.2 Å². The van der Waals surface area contributed by atoms with Gasteiger partial charge in [0.1, 0.15) is 0 Å². The van der Waals surface area contributed by atoms with E-state index in [4.69, 9.17) is 14.2 Å². The standard InChI is InChI=1S/C23H24N4O3S/c1-4-16-9-11-17(12-10-16)21-25-20(30-26-21)14-31-23-24-19-8-6-5-7-18(19)22(28)27(23)15(2)13-29-3/h5-12,15H,4,13-14H2,1-3H3. The van der Waals surface area contributed by atoms with Crippen LogP contribution in [0.5, 0.6) is 0 Å². The Bertz CT molecular complexity index is 1230. The average Bonchev–Trinajstić information content (AvgIpc) is 3.27. The maximum absolute atomic E-state index is 13.1. The van der Waals surface area contributed by atoms with E-state index < -0.39 is 0 Å². The van der Waals surface area contributed by atoms with Gasteiger partial charge in [0, 0.05) is 12.7 Å². The summed E-state index contributed by atoms with van der Waals surface area (Å²) in [7, 11) is 1.62. The third kappa shape index (κ3) is 4.55. The van der Waals surface area contributed by atoms with Gasteiger partial charge in [-0.05, 0) is 31.0 Å². The van der Waals surface area contributed by atoms with Crippen molar-refractivity contribution >= 4 is 22.7 Å². The Morgan fingerprint density at radius 2 is 1.90 bits per heavy atom. The summed E-state index contributed by atoms with van der Waals surface area (Å²) in [5.74, 6) is 1.44. The van der Waals surface area contributed by atoms with Crippen molar-refractivity contribution in [2.45, 2.75) is 37.2 Å². The first-order chi connectivity index (χ1) is 15.1. The van der Waals surface area contributed by atoms with Crippen molar-refractivity contribution in [2.75, 3.05) is 13.7 Å². The number of rotatable bonds is 8. The normalized spacial score (nSPS) is 12.4. The Hall–Kier alpha value is -2.97. The molecule has 0 aliphatic heterocycles. The number of fused-ring (bicyclic) bond motifs is 1. The van der Waals surface area contributed by atoms with Crippen LogP contribution in [-0.2, 0) is 16.9 Å². The molecule has 0 amide bonds. The molecule has 0 aliphatic carbocycles. The zero-order valence-electron chi connectivity index (χ0n) is 17.7. The van der Waals surface area contributed by atoms with Crippen LogP contribution in [-0.4, -0.2) is 33.4 Å². The van der Waals surface area contributed by atoms with Crippen LogP contribution in [0.2, 0.25) is 0 Å². The molecule has 0 N–H and O–H groups in total. The van der Waals surface area contributed by atoms with Crippen molar-refractivity contribution < 1.29 is 9.26 Å². The van der Waals surface area contributed by atoms with Crippen molar-refractivity contribution in [3.63, 3.8) is 0 Å². The second-order valence-corrected chi connectivity index (χ2v) is 8.18. The van der Waals surface area contributed by atoms with E-state index >= 15 is 0 Å². The molecule has 8 heteroatoms. The number of hydrogen-bond acceptors (Lipinski definition) is 7. The highest BCUT2D eigenvalue weighted by atomic mass is 32.2. The number of nitrogens with zero attached hydrogens (tertiary/aromatic N) is 4. The number of methoxy groups -OCH3 is 1. The van der Waals surface area contributed by atoms with Gasteiger partial charge >= 0.3 is 0 Å². The fourth-order valence-electron chi connectivity index (χ4n) is 3.38. The van der Waals surface area contributed by atoms with Gasteiger partial charge in [0.25, 0.3) is 5.56 Å². The van der Waals surface area contributed by atoms with Crippen molar-refractivity contribution in [2.24, 2.45) is 0 Å². The van der Waals surface area contributed by atoms with Crippen molar-refractivity contribution in [3.8, 4) is 11.4 Å². The Morgan fingerprint density at radius 1 is 1.13 bits per heavy atom. The van der Waals surface area contributed by atoms with Crippen molar-refractivity contribution in [1.29, 1.82) is 0 Å². The quantitative estimate of drug-likeness (QED) is 0.297. The van der Waals surface area contributed by atoms with E-state index in [1.54, 1.807) is 17.7 Å². The fraction of sp³-hybridized carbons (Fsp3) is 0.304. The minimum absolute atomic E-state index is 0.0834. The lowest BCUT2D eigenvalue weighted by Gasteiger charge is -2.18. The highest BCUT2D eigenvalue weighted by Gasteiger charge is 2.18. The molecule has 160 valence electrons. The third-order valence-corrected chi connectivity index (χ3v) is 5.97. The van der Waals surface area contributed by atoms with Gasteiger partial charge in [0.05, 0.1) is 29.3 Å². The van der Waals surface area contributed by atoms with E-state index in [-0.39, 0.29) is 11.6 Å². The Kier molecular flexibility index (Phi) is 6.48. The molecule has 4 aromatic rings. The smallest absolute Gasteiger partial charge is 0.262 e. The second-order valence-electron chi connectivity index (χ2n) is 7.24. The SMILES string of the molecule is CCc1ccc(-c2noc(CSc3nc4ccccc4c(=O)n3C(C)COC)n2)cc1. The van der Waals surface area contributed by atoms with Gasteiger partial charge in [0.2, 0.25) is 11.7 Å². The van der Waals surface area contributed by atoms with Gasteiger partial charge in [-0.15, -0.1) is 0 Å². The first-order valence-corrected chi connectivity index (χ1v) is 11.1. The van der Waals surface area contributed by atoms with Crippen LogP contribution < -0.4 is 5.56 Å². The summed E-state index contributed by atoms with van der Waals surface area (Å²) < 4.78 is 12.4. The molecular formula is C23H24N4O3S. The fourth-order valence-corrected chi connectivity index (χ4v) is 4.31. The van der Waals surface area contributed by atoms with E-state index in [0.717, 1.165) is 12.0 Å². The van der Waals surface area contributed by atoms with Gasteiger partial charge < -0.3 is 9.26 Å². The van der Waals surface area contributed by atoms with Crippen LogP contribution in [0.4, 0.5) is 0 Å². The van der Waals surface area contributed by atoms with E-state index in [9.17, 15) is 4.79 Å². The van der Waals surface area contributed by atoms with Gasteiger partial charge in [0.15, 0.2) is 5.16 Å². The molecule has 0 spiro atoms. The number of ether oxygens (including phenoxy) is 1. The zero-order chi connectivity index (χ0) is 21.8. The Morgan fingerprint density at radius 3 is 2.65 bits per heavy atom. The average molecular weight is 437 g/mol. The summed E-state index contributed by atoms with van der Waals surface area (Å²) in [4.78, 5) is 22.3. The summed E-state index contributed by atoms with van der Waals surface area (Å²) >= 11 is 1.40. The molecular weight excluding hydrogens is 412 g/mol. The summed E-state index contributed by atoms with van der Waals surface area (Å²) in [6, 6.07) is 15.3. The molecule has 0 radical (unpaired) electrons. The predicted octanol–water partition coefficient (Wildman–Crippen LogP) is 4.51. The lowest BCUT2D eigenvalue weighted by atomic mass is 10.1. The number of para-hydroxylation sites is 1. The molecule has 4 rings (SSSR count). The summed E-state index contributed by atoms with van der Waals surface area (Å²) in [5.41, 5.74) is 2.75. The number of aryl methyl sites for hydroxylation is 1. The molecule has 7 nitrogen and oxygen atoms in total. The molecule has 31 heavy (non-hydrogen) atoms. The maximum Gasteiger partial charge on any atom is 0.262 e. The molecule has 0 bridgehead atoms. The molecule has 2 aromatic heterocycles. The third-order valence-electron chi connectivity index (χ3n) is 5.04. The molecule has 1 unspecified atom stereocenters. The number of hydrogen-bond donors (Lipinski definition) is 0. The zero-order valence-corrected chi connectivity index (χ0v) is 18.6. The van der Waals surface area contributed by atoms with Crippen LogP contribution in [0.15, 0.2) is 63.0 Å². The molecule has 0 saturated carbocycles.